The highest BCUT2D eigenvalue weighted by atomic mass is 19.4. The number of halogens is 4. The van der Waals surface area contributed by atoms with Crippen LogP contribution in [0.15, 0.2) is 36.4 Å². The van der Waals surface area contributed by atoms with Crippen LogP contribution < -0.4 is 5.32 Å². The molecule has 3 rings (SSSR count). The van der Waals surface area contributed by atoms with Gasteiger partial charge in [-0.2, -0.15) is 13.2 Å². The number of amides is 1. The maximum absolute atomic E-state index is 13.7. The van der Waals surface area contributed by atoms with Crippen molar-refractivity contribution < 1.29 is 22.4 Å². The highest BCUT2D eigenvalue weighted by Crippen LogP contribution is 2.52. The van der Waals surface area contributed by atoms with E-state index < -0.39 is 29.9 Å². The predicted octanol–water partition coefficient (Wildman–Crippen LogP) is 5.61. The van der Waals surface area contributed by atoms with Crippen molar-refractivity contribution in [1.29, 1.82) is 0 Å². The van der Waals surface area contributed by atoms with Crippen LogP contribution in [0.5, 0.6) is 0 Å². The molecule has 26 heavy (non-hydrogen) atoms. The van der Waals surface area contributed by atoms with Crippen molar-refractivity contribution in [3.63, 3.8) is 0 Å². The fourth-order valence-electron chi connectivity index (χ4n) is 3.66. The Morgan fingerprint density at radius 1 is 1.19 bits per heavy atom. The van der Waals surface area contributed by atoms with E-state index in [9.17, 15) is 22.4 Å². The highest BCUT2D eigenvalue weighted by Gasteiger charge is 2.48. The molecule has 0 aliphatic heterocycles. The van der Waals surface area contributed by atoms with Gasteiger partial charge in [0.05, 0.1) is 6.42 Å². The largest absolute Gasteiger partial charge is 0.391 e. The Kier molecular flexibility index (Phi) is 4.49. The molecule has 1 aliphatic carbocycles. The standard InChI is InChI=1S/C20H21F4NO/c1-18(8-9-18)11-19(2,12-20(22,23)24)25-17(26)14-6-7-15-13(10-14)4-3-5-16(15)21/h3-7,10H,8-9,11-12H2,1-2H3,(H,25,26). The van der Waals surface area contributed by atoms with Crippen LogP contribution in [0, 0.1) is 11.2 Å². The molecule has 1 aliphatic rings. The topological polar surface area (TPSA) is 29.1 Å². The molecule has 1 saturated carbocycles. The molecule has 0 bridgehead atoms. The van der Waals surface area contributed by atoms with Crippen LogP contribution in [-0.2, 0) is 0 Å². The minimum Gasteiger partial charge on any atom is -0.347 e. The van der Waals surface area contributed by atoms with Gasteiger partial charge in [-0.1, -0.05) is 25.1 Å². The van der Waals surface area contributed by atoms with Crippen LogP contribution in [0.25, 0.3) is 10.8 Å². The lowest BCUT2D eigenvalue weighted by atomic mass is 9.84. The van der Waals surface area contributed by atoms with E-state index in [0.29, 0.717) is 10.8 Å². The molecule has 1 fully saturated rings. The van der Waals surface area contributed by atoms with Crippen molar-refractivity contribution in [2.24, 2.45) is 5.41 Å². The third kappa shape index (κ3) is 4.34. The van der Waals surface area contributed by atoms with E-state index in [0.717, 1.165) is 12.8 Å². The summed E-state index contributed by atoms with van der Waals surface area (Å²) >= 11 is 0. The number of carbonyl (C=O) groups excluding carboxylic acids is 1. The van der Waals surface area contributed by atoms with E-state index in [1.165, 1.54) is 37.3 Å². The van der Waals surface area contributed by atoms with Crippen LogP contribution in [0.4, 0.5) is 17.6 Å². The molecule has 1 unspecified atom stereocenters. The van der Waals surface area contributed by atoms with Gasteiger partial charge in [-0.25, -0.2) is 4.39 Å². The zero-order valence-corrected chi connectivity index (χ0v) is 14.7. The quantitative estimate of drug-likeness (QED) is 0.684. The SMILES string of the molecule is CC1(CC(C)(CC(F)(F)F)NC(=O)c2ccc3c(F)cccc3c2)CC1. The molecular weight excluding hydrogens is 346 g/mol. The molecule has 0 aromatic heterocycles. The predicted molar refractivity (Wildman–Crippen MR) is 92.4 cm³/mol. The average molecular weight is 367 g/mol. The van der Waals surface area contributed by atoms with Crippen molar-refractivity contribution in [3.05, 3.63) is 47.8 Å². The van der Waals surface area contributed by atoms with Crippen molar-refractivity contribution in [2.75, 3.05) is 0 Å². The van der Waals surface area contributed by atoms with Gasteiger partial charge in [0.25, 0.3) is 5.91 Å². The Bertz CT molecular complexity index is 832. The van der Waals surface area contributed by atoms with Crippen LogP contribution in [-0.4, -0.2) is 17.6 Å². The molecular formula is C20H21F4NO. The van der Waals surface area contributed by atoms with Gasteiger partial charge in [-0.15, -0.1) is 0 Å². The van der Waals surface area contributed by atoms with Gasteiger partial charge in [-0.05, 0) is 55.2 Å². The lowest BCUT2D eigenvalue weighted by Gasteiger charge is -2.34. The number of nitrogens with one attached hydrogen (secondary N) is 1. The monoisotopic (exact) mass is 367 g/mol. The number of hydrogen-bond acceptors (Lipinski definition) is 1. The second-order valence-corrected chi connectivity index (χ2v) is 7.97. The van der Waals surface area contributed by atoms with Crippen molar-refractivity contribution in [1.82, 2.24) is 5.32 Å². The van der Waals surface area contributed by atoms with E-state index in [4.69, 9.17) is 0 Å². The number of benzene rings is 2. The number of carbonyl (C=O) groups is 1. The van der Waals surface area contributed by atoms with Crippen molar-refractivity contribution in [3.8, 4) is 0 Å². The third-order valence-electron chi connectivity index (χ3n) is 5.02. The Morgan fingerprint density at radius 3 is 2.50 bits per heavy atom. The van der Waals surface area contributed by atoms with Crippen LogP contribution in [0.2, 0.25) is 0 Å². The van der Waals surface area contributed by atoms with Gasteiger partial charge in [0.2, 0.25) is 0 Å². The molecule has 2 aromatic carbocycles. The second kappa shape index (κ2) is 6.25. The maximum Gasteiger partial charge on any atom is 0.391 e. The fraction of sp³-hybridized carbons (Fsp3) is 0.450. The lowest BCUT2D eigenvalue weighted by molar-refractivity contribution is -0.149. The zero-order valence-electron chi connectivity index (χ0n) is 14.7. The number of fused-ring (bicyclic) bond motifs is 1. The zero-order chi connectivity index (χ0) is 19.2. The first kappa shape index (κ1) is 18.7. The molecule has 1 amide bonds. The molecule has 0 radical (unpaired) electrons. The summed E-state index contributed by atoms with van der Waals surface area (Å²) < 4.78 is 52.9. The molecule has 1 atom stereocenters. The molecule has 0 spiro atoms. The van der Waals surface area contributed by atoms with E-state index >= 15 is 0 Å². The molecule has 2 aromatic rings. The molecule has 6 heteroatoms. The summed E-state index contributed by atoms with van der Waals surface area (Å²) in [6.45, 7) is 3.38. The Hall–Kier alpha value is -2.11. The smallest absolute Gasteiger partial charge is 0.347 e. The minimum atomic E-state index is -4.38. The normalized spacial score (nSPS) is 18.4. The summed E-state index contributed by atoms with van der Waals surface area (Å²) in [5.74, 6) is -0.981. The lowest BCUT2D eigenvalue weighted by Crippen LogP contribution is -2.50. The third-order valence-corrected chi connectivity index (χ3v) is 5.02. The summed E-state index contributed by atoms with van der Waals surface area (Å²) in [7, 11) is 0. The molecule has 140 valence electrons. The number of alkyl halides is 3. The van der Waals surface area contributed by atoms with Gasteiger partial charge >= 0.3 is 6.18 Å². The first-order valence-corrected chi connectivity index (χ1v) is 8.56. The Morgan fingerprint density at radius 2 is 1.88 bits per heavy atom. The van der Waals surface area contributed by atoms with Gasteiger partial charge in [-0.3, -0.25) is 4.79 Å². The first-order valence-electron chi connectivity index (χ1n) is 8.56. The summed E-state index contributed by atoms with van der Waals surface area (Å²) in [6, 6.07) is 8.92. The van der Waals surface area contributed by atoms with Crippen LogP contribution in [0.1, 0.15) is 49.9 Å². The van der Waals surface area contributed by atoms with E-state index in [2.05, 4.69) is 5.32 Å². The van der Waals surface area contributed by atoms with Crippen molar-refractivity contribution in [2.45, 2.75) is 51.2 Å². The summed E-state index contributed by atoms with van der Waals surface area (Å²) in [5.41, 5.74) is -1.31. The van der Waals surface area contributed by atoms with E-state index in [-0.39, 0.29) is 17.4 Å². The van der Waals surface area contributed by atoms with Gasteiger partial charge in [0, 0.05) is 16.5 Å². The molecule has 1 N–H and O–H groups in total. The summed E-state index contributed by atoms with van der Waals surface area (Å²) in [4.78, 5) is 12.6. The maximum atomic E-state index is 13.7. The van der Waals surface area contributed by atoms with E-state index in [1.54, 1.807) is 6.07 Å². The molecule has 0 heterocycles. The number of rotatable bonds is 5. The summed E-state index contributed by atoms with van der Waals surface area (Å²) in [5, 5.41) is 3.49. The minimum absolute atomic E-state index is 0.153. The number of hydrogen-bond donors (Lipinski definition) is 1. The average Bonchev–Trinajstić information content (AvgIpc) is 3.21. The van der Waals surface area contributed by atoms with Crippen LogP contribution in [0.3, 0.4) is 0 Å². The van der Waals surface area contributed by atoms with Gasteiger partial charge in [0.1, 0.15) is 5.82 Å². The molecule has 0 saturated heterocycles. The van der Waals surface area contributed by atoms with E-state index in [1.807, 2.05) is 6.92 Å². The first-order chi connectivity index (χ1) is 12.0. The Balaban J connectivity index is 1.85. The Labute approximate surface area is 149 Å². The van der Waals surface area contributed by atoms with Gasteiger partial charge in [0.15, 0.2) is 0 Å². The van der Waals surface area contributed by atoms with Gasteiger partial charge < -0.3 is 5.32 Å². The summed E-state index contributed by atoms with van der Waals surface area (Å²) in [6.07, 6.45) is -3.45. The highest BCUT2D eigenvalue weighted by molar-refractivity contribution is 5.99. The van der Waals surface area contributed by atoms with Crippen molar-refractivity contribution >= 4 is 16.7 Å². The second-order valence-electron chi connectivity index (χ2n) is 7.97. The molecule has 2 nitrogen and oxygen atoms in total. The van der Waals surface area contributed by atoms with Crippen LogP contribution >= 0.6 is 0 Å². The fourth-order valence-corrected chi connectivity index (χ4v) is 3.66.